The highest BCUT2D eigenvalue weighted by Crippen LogP contribution is 2.28. The first-order chi connectivity index (χ1) is 10.2. The van der Waals surface area contributed by atoms with E-state index in [1.807, 2.05) is 0 Å². The number of amides is 1. The van der Waals surface area contributed by atoms with Gasteiger partial charge in [0, 0.05) is 13.5 Å². The lowest BCUT2D eigenvalue weighted by Crippen LogP contribution is -2.40. The largest absolute Gasteiger partial charge is 0.480 e. The number of hydrogen-bond donors (Lipinski definition) is 2. The van der Waals surface area contributed by atoms with Gasteiger partial charge in [0.1, 0.15) is 11.9 Å². The van der Waals surface area contributed by atoms with Crippen molar-refractivity contribution in [3.8, 4) is 0 Å². The van der Waals surface area contributed by atoms with Crippen LogP contribution in [0.15, 0.2) is 23.1 Å². The number of rotatable bonds is 4. The Hall–Kier alpha value is -2.00. The number of halogens is 1. The number of carboxylic acid groups (broad SMARTS) is 1. The number of carbonyl (C=O) groups is 2. The fourth-order valence-corrected chi connectivity index (χ4v) is 4.04. The Kier molecular flexibility index (Phi) is 4.47. The van der Waals surface area contributed by atoms with Gasteiger partial charge in [-0.1, -0.05) is 0 Å². The Bertz CT molecular complexity index is 719. The predicted molar refractivity (Wildman–Crippen MR) is 75.3 cm³/mol. The van der Waals surface area contributed by atoms with Crippen LogP contribution in [-0.2, 0) is 19.6 Å². The molecule has 0 saturated carbocycles. The lowest BCUT2D eigenvalue weighted by molar-refractivity contribution is -0.140. The highest BCUT2D eigenvalue weighted by Gasteiger charge is 2.39. The molecule has 1 aromatic rings. The number of nitrogens with zero attached hydrogens (tertiary/aromatic N) is 1. The number of benzene rings is 1. The third-order valence-electron chi connectivity index (χ3n) is 3.34. The van der Waals surface area contributed by atoms with Gasteiger partial charge in [-0.15, -0.1) is 0 Å². The summed E-state index contributed by atoms with van der Waals surface area (Å²) in [5.41, 5.74) is -0.264. The second kappa shape index (κ2) is 6.01. The minimum absolute atomic E-state index is 0.0894. The number of sulfonamides is 1. The van der Waals surface area contributed by atoms with E-state index < -0.39 is 33.8 Å². The Labute approximate surface area is 126 Å². The van der Waals surface area contributed by atoms with E-state index in [0.29, 0.717) is 6.42 Å². The van der Waals surface area contributed by atoms with E-state index in [4.69, 9.17) is 5.11 Å². The second-order valence-corrected chi connectivity index (χ2v) is 6.83. The number of carbonyl (C=O) groups excluding carboxylic acids is 1. The topological polar surface area (TPSA) is 104 Å². The van der Waals surface area contributed by atoms with Gasteiger partial charge in [0.2, 0.25) is 15.9 Å². The number of nitrogens with one attached hydrogen (secondary N) is 1. The zero-order valence-corrected chi connectivity index (χ0v) is 12.6. The van der Waals surface area contributed by atoms with Crippen molar-refractivity contribution in [3.05, 3.63) is 24.0 Å². The van der Waals surface area contributed by atoms with Crippen molar-refractivity contribution in [2.24, 2.45) is 0 Å². The van der Waals surface area contributed by atoms with Gasteiger partial charge in [-0.05, 0) is 31.0 Å². The van der Waals surface area contributed by atoms with Crippen LogP contribution in [-0.4, -0.2) is 42.3 Å². The SMILES string of the molecule is CC(=O)Nc1cc(S(=O)(=O)N2CCC[C@@H]2C(=O)O)ccc1F. The molecule has 1 saturated heterocycles. The minimum atomic E-state index is -4.07. The number of carboxylic acids is 1. The van der Waals surface area contributed by atoms with Gasteiger partial charge in [0.25, 0.3) is 0 Å². The van der Waals surface area contributed by atoms with E-state index >= 15 is 0 Å². The van der Waals surface area contributed by atoms with Gasteiger partial charge < -0.3 is 10.4 Å². The third-order valence-corrected chi connectivity index (χ3v) is 5.25. The Morgan fingerprint density at radius 1 is 1.41 bits per heavy atom. The smallest absolute Gasteiger partial charge is 0.322 e. The summed E-state index contributed by atoms with van der Waals surface area (Å²) in [6.45, 7) is 1.26. The average molecular weight is 330 g/mol. The Balaban J connectivity index is 2.41. The number of aliphatic carboxylic acids is 1. The molecule has 2 N–H and O–H groups in total. The molecule has 0 bridgehead atoms. The van der Waals surface area contributed by atoms with Gasteiger partial charge in [0.05, 0.1) is 10.6 Å². The summed E-state index contributed by atoms with van der Waals surface area (Å²) >= 11 is 0. The van der Waals surface area contributed by atoms with Crippen molar-refractivity contribution >= 4 is 27.6 Å². The maximum atomic E-state index is 13.6. The van der Waals surface area contributed by atoms with E-state index in [-0.39, 0.29) is 23.5 Å². The van der Waals surface area contributed by atoms with Crippen LogP contribution in [0.2, 0.25) is 0 Å². The molecular formula is C13H15FN2O5S. The van der Waals surface area contributed by atoms with E-state index in [2.05, 4.69) is 5.32 Å². The molecule has 1 aliphatic rings. The molecule has 1 atom stereocenters. The summed E-state index contributed by atoms with van der Waals surface area (Å²) < 4.78 is 39.5. The Morgan fingerprint density at radius 3 is 2.68 bits per heavy atom. The molecule has 22 heavy (non-hydrogen) atoms. The van der Waals surface area contributed by atoms with Crippen LogP contribution in [0.3, 0.4) is 0 Å². The first-order valence-corrected chi connectivity index (χ1v) is 7.99. The van der Waals surface area contributed by atoms with Gasteiger partial charge >= 0.3 is 5.97 Å². The van der Waals surface area contributed by atoms with Crippen LogP contribution in [0.1, 0.15) is 19.8 Å². The highest BCUT2D eigenvalue weighted by molar-refractivity contribution is 7.89. The fraction of sp³-hybridized carbons (Fsp3) is 0.385. The molecule has 1 fully saturated rings. The first-order valence-electron chi connectivity index (χ1n) is 6.55. The van der Waals surface area contributed by atoms with Crippen LogP contribution >= 0.6 is 0 Å². The lowest BCUT2D eigenvalue weighted by atomic mass is 10.2. The summed E-state index contributed by atoms with van der Waals surface area (Å²) in [7, 11) is -4.07. The highest BCUT2D eigenvalue weighted by atomic mass is 32.2. The van der Waals surface area contributed by atoms with Crippen molar-refractivity contribution in [3.63, 3.8) is 0 Å². The van der Waals surface area contributed by atoms with E-state index in [1.165, 1.54) is 6.92 Å². The molecular weight excluding hydrogens is 315 g/mol. The zero-order chi connectivity index (χ0) is 16.5. The molecule has 7 nitrogen and oxygen atoms in total. The molecule has 0 aliphatic carbocycles. The van der Waals surface area contributed by atoms with Crippen LogP contribution < -0.4 is 5.32 Å². The quantitative estimate of drug-likeness (QED) is 0.858. The summed E-state index contributed by atoms with van der Waals surface area (Å²) in [5, 5.41) is 11.3. The molecule has 0 unspecified atom stereocenters. The van der Waals surface area contributed by atoms with Gasteiger partial charge in [0.15, 0.2) is 0 Å². The molecule has 1 heterocycles. The van der Waals surface area contributed by atoms with Crippen LogP contribution in [0, 0.1) is 5.82 Å². The van der Waals surface area contributed by atoms with Gasteiger partial charge in [-0.25, -0.2) is 12.8 Å². The normalized spacial score (nSPS) is 19.1. The van der Waals surface area contributed by atoms with E-state index in [9.17, 15) is 22.4 Å². The van der Waals surface area contributed by atoms with Crippen molar-refractivity contribution in [2.75, 3.05) is 11.9 Å². The van der Waals surface area contributed by atoms with E-state index in [1.54, 1.807) is 0 Å². The average Bonchev–Trinajstić information content (AvgIpc) is 2.90. The van der Waals surface area contributed by atoms with Crippen LogP contribution in [0.5, 0.6) is 0 Å². The number of hydrogen-bond acceptors (Lipinski definition) is 4. The molecule has 120 valence electrons. The van der Waals surface area contributed by atoms with E-state index in [0.717, 1.165) is 22.5 Å². The standard InChI is InChI=1S/C13H15FN2O5S/c1-8(17)15-11-7-9(4-5-10(11)14)22(20,21)16-6-2-3-12(16)13(18)19/h4-5,7,12H,2-3,6H2,1H3,(H,15,17)(H,18,19)/t12-/m1/s1. The van der Waals surface area contributed by atoms with Crippen molar-refractivity contribution < 1.29 is 27.5 Å². The lowest BCUT2D eigenvalue weighted by Gasteiger charge is -2.21. The molecule has 2 rings (SSSR count). The summed E-state index contributed by atoms with van der Waals surface area (Å²) in [4.78, 5) is 21.9. The monoisotopic (exact) mass is 330 g/mol. The molecule has 0 spiro atoms. The van der Waals surface area contributed by atoms with Gasteiger partial charge in [-0.3, -0.25) is 9.59 Å². The maximum Gasteiger partial charge on any atom is 0.322 e. The summed E-state index contributed by atoms with van der Waals surface area (Å²) in [6, 6.07) is 1.83. The predicted octanol–water partition coefficient (Wildman–Crippen LogP) is 1.02. The van der Waals surface area contributed by atoms with Crippen molar-refractivity contribution in [2.45, 2.75) is 30.7 Å². The van der Waals surface area contributed by atoms with Crippen molar-refractivity contribution in [1.29, 1.82) is 0 Å². The third kappa shape index (κ3) is 3.09. The zero-order valence-electron chi connectivity index (χ0n) is 11.7. The molecule has 1 aromatic carbocycles. The van der Waals surface area contributed by atoms with Crippen LogP contribution in [0.4, 0.5) is 10.1 Å². The second-order valence-electron chi connectivity index (χ2n) is 4.93. The molecule has 1 aliphatic heterocycles. The minimum Gasteiger partial charge on any atom is -0.480 e. The maximum absolute atomic E-state index is 13.6. The summed E-state index contributed by atoms with van der Waals surface area (Å²) in [6.07, 6.45) is 0.671. The summed E-state index contributed by atoms with van der Waals surface area (Å²) in [5.74, 6) is -2.53. The molecule has 1 amide bonds. The molecule has 0 aromatic heterocycles. The fourth-order valence-electron chi connectivity index (χ4n) is 2.36. The number of anilines is 1. The van der Waals surface area contributed by atoms with Crippen LogP contribution in [0.25, 0.3) is 0 Å². The van der Waals surface area contributed by atoms with Gasteiger partial charge in [-0.2, -0.15) is 4.31 Å². The Morgan fingerprint density at radius 2 is 2.09 bits per heavy atom. The molecule has 0 radical (unpaired) electrons. The molecule has 9 heteroatoms. The first kappa shape index (κ1) is 16.4. The van der Waals surface area contributed by atoms with Crippen molar-refractivity contribution in [1.82, 2.24) is 4.31 Å².